The molecule has 1 amide bonds. The summed E-state index contributed by atoms with van der Waals surface area (Å²) in [7, 11) is 1.55. The van der Waals surface area contributed by atoms with Gasteiger partial charge in [-0.05, 0) is 32.8 Å². The molecule has 0 saturated heterocycles. The molecule has 1 aromatic carbocycles. The second-order valence-electron chi connectivity index (χ2n) is 6.47. The number of ether oxygens (including phenoxy) is 2. The number of carbonyl (C=O) groups excluding carboxylic acids is 1. The second kappa shape index (κ2) is 7.42. The van der Waals surface area contributed by atoms with E-state index >= 15 is 0 Å². The number of hydrogen-bond donors (Lipinski definition) is 0. The van der Waals surface area contributed by atoms with Crippen molar-refractivity contribution in [3.63, 3.8) is 0 Å². The molecule has 0 saturated carbocycles. The molecule has 0 aliphatic carbocycles. The Morgan fingerprint density at radius 3 is 2.38 bits per heavy atom. The maximum Gasteiger partial charge on any atom is 0.410 e. The Morgan fingerprint density at radius 2 is 1.88 bits per heavy atom. The van der Waals surface area contributed by atoms with Crippen molar-refractivity contribution >= 4 is 46.5 Å². The summed E-state index contributed by atoms with van der Waals surface area (Å²) in [6, 6.07) is 1.65. The van der Waals surface area contributed by atoms with E-state index in [4.69, 9.17) is 44.3 Å². The van der Waals surface area contributed by atoms with Crippen LogP contribution in [0.15, 0.2) is 12.1 Å². The van der Waals surface area contributed by atoms with Gasteiger partial charge in [0.05, 0.1) is 22.2 Å². The number of methoxy groups -OCH3 is 1. The highest BCUT2D eigenvalue weighted by atomic mass is 35.5. The van der Waals surface area contributed by atoms with Crippen LogP contribution in [0.5, 0.6) is 5.75 Å². The standard InChI is InChI=1S/C17H20Cl3NO3/c1-17(2,3)24-16(22)21-7-5-10(6-8-21)13-12(23-4)9-11(18)14(19)15(13)20/h5,9H,6-8H2,1-4H3. The van der Waals surface area contributed by atoms with Crippen LogP contribution in [0.3, 0.4) is 0 Å². The quantitative estimate of drug-likeness (QED) is 0.608. The first kappa shape index (κ1) is 19.2. The van der Waals surface area contributed by atoms with E-state index in [-0.39, 0.29) is 6.09 Å². The zero-order valence-electron chi connectivity index (χ0n) is 14.1. The molecule has 0 bridgehead atoms. The van der Waals surface area contributed by atoms with Gasteiger partial charge in [0.2, 0.25) is 0 Å². The van der Waals surface area contributed by atoms with Crippen LogP contribution in [0.2, 0.25) is 15.1 Å². The van der Waals surface area contributed by atoms with Crippen molar-refractivity contribution in [3.05, 3.63) is 32.8 Å². The highest BCUT2D eigenvalue weighted by Crippen LogP contribution is 2.43. The van der Waals surface area contributed by atoms with E-state index in [0.717, 1.165) is 11.1 Å². The molecule has 1 aliphatic rings. The predicted octanol–water partition coefficient (Wildman–Crippen LogP) is 5.68. The predicted molar refractivity (Wildman–Crippen MR) is 98.4 cm³/mol. The molecule has 0 spiro atoms. The summed E-state index contributed by atoms with van der Waals surface area (Å²) in [4.78, 5) is 13.8. The van der Waals surface area contributed by atoms with Crippen LogP contribution in [0, 0.1) is 0 Å². The molecular weight excluding hydrogens is 373 g/mol. The lowest BCUT2D eigenvalue weighted by molar-refractivity contribution is 0.0270. The zero-order valence-corrected chi connectivity index (χ0v) is 16.3. The van der Waals surface area contributed by atoms with Crippen molar-refractivity contribution in [2.75, 3.05) is 20.2 Å². The molecule has 7 heteroatoms. The fourth-order valence-corrected chi connectivity index (χ4v) is 3.13. The molecule has 0 fully saturated rings. The molecule has 0 radical (unpaired) electrons. The monoisotopic (exact) mass is 391 g/mol. The summed E-state index contributed by atoms with van der Waals surface area (Å²) < 4.78 is 10.8. The van der Waals surface area contributed by atoms with Crippen molar-refractivity contribution in [2.45, 2.75) is 32.8 Å². The van der Waals surface area contributed by atoms with E-state index in [1.165, 1.54) is 0 Å². The van der Waals surface area contributed by atoms with Gasteiger partial charge in [0, 0.05) is 24.7 Å². The van der Waals surface area contributed by atoms with Gasteiger partial charge < -0.3 is 14.4 Å². The van der Waals surface area contributed by atoms with Gasteiger partial charge in [-0.25, -0.2) is 4.79 Å². The van der Waals surface area contributed by atoms with Crippen molar-refractivity contribution in [2.24, 2.45) is 0 Å². The summed E-state index contributed by atoms with van der Waals surface area (Å²) in [5.74, 6) is 0.561. The Labute approximate surface area is 157 Å². The van der Waals surface area contributed by atoms with Gasteiger partial charge in [-0.3, -0.25) is 0 Å². The number of benzene rings is 1. The normalized spacial score (nSPS) is 15.1. The molecule has 0 N–H and O–H groups in total. The van der Waals surface area contributed by atoms with E-state index in [1.54, 1.807) is 18.1 Å². The first-order valence-corrected chi connectivity index (χ1v) is 8.66. The Morgan fingerprint density at radius 1 is 1.21 bits per heavy atom. The largest absolute Gasteiger partial charge is 0.496 e. The molecule has 1 heterocycles. The summed E-state index contributed by atoms with van der Waals surface area (Å²) in [5.41, 5.74) is 1.17. The van der Waals surface area contributed by atoms with Gasteiger partial charge in [-0.2, -0.15) is 0 Å². The third-order valence-corrected chi connectivity index (χ3v) is 4.79. The number of hydrogen-bond acceptors (Lipinski definition) is 3. The van der Waals surface area contributed by atoms with E-state index in [1.807, 2.05) is 26.8 Å². The van der Waals surface area contributed by atoms with E-state index in [9.17, 15) is 4.79 Å². The molecule has 0 unspecified atom stereocenters. The Kier molecular flexibility index (Phi) is 5.95. The molecule has 4 nitrogen and oxygen atoms in total. The molecule has 0 aromatic heterocycles. The minimum Gasteiger partial charge on any atom is -0.496 e. The molecule has 2 rings (SSSR count). The first-order valence-electron chi connectivity index (χ1n) is 7.53. The number of carbonyl (C=O) groups is 1. The van der Waals surface area contributed by atoms with Crippen LogP contribution < -0.4 is 4.74 Å². The number of rotatable bonds is 2. The number of halogens is 3. The van der Waals surface area contributed by atoms with Gasteiger partial charge in [-0.1, -0.05) is 40.9 Å². The highest BCUT2D eigenvalue weighted by molar-refractivity contribution is 6.49. The van der Waals surface area contributed by atoms with Gasteiger partial charge in [0.25, 0.3) is 0 Å². The van der Waals surface area contributed by atoms with E-state index in [2.05, 4.69) is 0 Å². The van der Waals surface area contributed by atoms with Crippen molar-refractivity contribution in [3.8, 4) is 5.75 Å². The molecule has 0 atom stereocenters. The Balaban J connectivity index is 2.25. The van der Waals surface area contributed by atoms with Crippen molar-refractivity contribution < 1.29 is 14.3 Å². The third-order valence-electron chi connectivity index (χ3n) is 3.53. The summed E-state index contributed by atoms with van der Waals surface area (Å²) in [6.45, 7) is 6.49. The fourth-order valence-electron chi connectivity index (χ4n) is 2.42. The van der Waals surface area contributed by atoms with Crippen LogP contribution in [0.1, 0.15) is 32.8 Å². The van der Waals surface area contributed by atoms with Gasteiger partial charge in [-0.15, -0.1) is 0 Å². The van der Waals surface area contributed by atoms with Crippen LogP contribution >= 0.6 is 34.8 Å². The van der Waals surface area contributed by atoms with Crippen LogP contribution in [-0.4, -0.2) is 36.8 Å². The SMILES string of the molecule is COc1cc(Cl)c(Cl)c(Cl)c1C1=CCN(C(=O)OC(C)(C)C)CC1. The lowest BCUT2D eigenvalue weighted by Gasteiger charge is -2.30. The van der Waals surface area contributed by atoms with Gasteiger partial charge in [0.1, 0.15) is 11.4 Å². The maximum atomic E-state index is 12.1. The fraction of sp³-hybridized carbons (Fsp3) is 0.471. The van der Waals surface area contributed by atoms with E-state index in [0.29, 0.717) is 40.3 Å². The summed E-state index contributed by atoms with van der Waals surface area (Å²) in [6.07, 6.45) is 2.22. The third kappa shape index (κ3) is 4.29. The Bertz CT molecular complexity index is 681. The molecule has 132 valence electrons. The van der Waals surface area contributed by atoms with Crippen LogP contribution in [0.25, 0.3) is 5.57 Å². The number of nitrogens with zero attached hydrogens (tertiary/aromatic N) is 1. The smallest absolute Gasteiger partial charge is 0.410 e. The average Bonchev–Trinajstić information content (AvgIpc) is 2.51. The average molecular weight is 393 g/mol. The highest BCUT2D eigenvalue weighted by Gasteiger charge is 2.26. The van der Waals surface area contributed by atoms with Crippen molar-refractivity contribution in [1.82, 2.24) is 4.90 Å². The first-order chi connectivity index (χ1) is 11.1. The maximum absolute atomic E-state index is 12.1. The van der Waals surface area contributed by atoms with Crippen molar-refractivity contribution in [1.29, 1.82) is 0 Å². The van der Waals surface area contributed by atoms with Gasteiger partial charge >= 0.3 is 6.09 Å². The zero-order chi connectivity index (χ0) is 18.1. The summed E-state index contributed by atoms with van der Waals surface area (Å²) in [5, 5.41) is 0.997. The molecule has 1 aromatic rings. The summed E-state index contributed by atoms with van der Waals surface area (Å²) >= 11 is 18.6. The van der Waals surface area contributed by atoms with E-state index < -0.39 is 5.60 Å². The minimum atomic E-state index is -0.517. The second-order valence-corrected chi connectivity index (χ2v) is 7.63. The van der Waals surface area contributed by atoms with Crippen LogP contribution in [-0.2, 0) is 4.74 Å². The Hall–Kier alpha value is -1.10. The lowest BCUT2D eigenvalue weighted by atomic mass is 9.98. The topological polar surface area (TPSA) is 38.8 Å². The molecular formula is C17H20Cl3NO3. The van der Waals surface area contributed by atoms with Crippen LogP contribution in [0.4, 0.5) is 4.79 Å². The lowest BCUT2D eigenvalue weighted by Crippen LogP contribution is -2.39. The van der Waals surface area contributed by atoms with Gasteiger partial charge in [0.15, 0.2) is 0 Å². The number of amides is 1. The molecule has 24 heavy (non-hydrogen) atoms. The minimum absolute atomic E-state index is 0.296. The molecule has 1 aliphatic heterocycles.